The van der Waals surface area contributed by atoms with Gasteiger partial charge in [-0.2, -0.15) is 0 Å². The molecule has 108 valence electrons. The average molecular weight is 318 g/mol. The molecule has 2 nitrogen and oxygen atoms in total. The highest BCUT2D eigenvalue weighted by Crippen LogP contribution is 2.35. The lowest BCUT2D eigenvalue weighted by molar-refractivity contribution is -0.110. The van der Waals surface area contributed by atoms with Crippen LogP contribution in [0.25, 0.3) is 11.6 Å². The quantitative estimate of drug-likeness (QED) is 0.648. The van der Waals surface area contributed by atoms with Gasteiger partial charge in [0.2, 0.25) is 0 Å². The van der Waals surface area contributed by atoms with E-state index in [0.29, 0.717) is 5.88 Å². The molecule has 0 radical (unpaired) electrons. The fourth-order valence-electron chi connectivity index (χ4n) is 2.46. The number of nitrogens with one attached hydrogen (secondary N) is 1. The number of thiophene rings is 1. The summed E-state index contributed by atoms with van der Waals surface area (Å²) < 4.78 is 0. The van der Waals surface area contributed by atoms with E-state index >= 15 is 0 Å². The summed E-state index contributed by atoms with van der Waals surface area (Å²) in [6.07, 6.45) is 2.80. The number of amides is 1. The minimum atomic E-state index is -0.0308. The zero-order chi connectivity index (χ0) is 15.0. The molecule has 1 aliphatic heterocycles. The first-order valence-corrected chi connectivity index (χ1v) is 8.23. The molecule has 0 unspecified atom stereocenters. The van der Waals surface area contributed by atoms with Crippen molar-refractivity contribution in [3.63, 3.8) is 0 Å². The van der Waals surface area contributed by atoms with E-state index in [0.717, 1.165) is 33.7 Å². The van der Waals surface area contributed by atoms with Crippen LogP contribution in [0, 0.1) is 13.8 Å². The van der Waals surface area contributed by atoms with Crippen LogP contribution in [0.1, 0.15) is 26.4 Å². The third-order valence-corrected chi connectivity index (χ3v) is 5.01. The van der Waals surface area contributed by atoms with Crippen molar-refractivity contribution < 1.29 is 4.79 Å². The first-order chi connectivity index (χ1) is 10.1. The fraction of sp³-hybridized carbons (Fsp3) is 0.235. The SMILES string of the molecule is Cc1cc(C=C2C(=O)Nc3ccc(CCCl)cc32)sc1C. The van der Waals surface area contributed by atoms with Gasteiger partial charge in [-0.25, -0.2) is 0 Å². The maximum atomic E-state index is 12.2. The molecule has 0 bridgehead atoms. The second kappa shape index (κ2) is 5.66. The predicted octanol–water partition coefficient (Wildman–Crippen LogP) is 4.64. The molecular weight excluding hydrogens is 302 g/mol. The Morgan fingerprint density at radius 3 is 2.76 bits per heavy atom. The number of anilines is 1. The third-order valence-electron chi connectivity index (χ3n) is 3.72. The number of carbonyl (C=O) groups excluding carboxylic acids is 1. The first-order valence-electron chi connectivity index (χ1n) is 6.88. The van der Waals surface area contributed by atoms with Crippen molar-refractivity contribution in [2.24, 2.45) is 0 Å². The van der Waals surface area contributed by atoms with Crippen LogP contribution in [0.3, 0.4) is 0 Å². The van der Waals surface area contributed by atoms with Gasteiger partial charge >= 0.3 is 0 Å². The monoisotopic (exact) mass is 317 g/mol. The third kappa shape index (κ3) is 2.76. The van der Waals surface area contributed by atoms with E-state index in [1.165, 1.54) is 10.4 Å². The van der Waals surface area contributed by atoms with Crippen LogP contribution < -0.4 is 5.32 Å². The van der Waals surface area contributed by atoms with E-state index in [9.17, 15) is 4.79 Å². The highest BCUT2D eigenvalue weighted by atomic mass is 35.5. The van der Waals surface area contributed by atoms with Crippen molar-refractivity contribution in [3.8, 4) is 0 Å². The molecule has 4 heteroatoms. The molecule has 1 aromatic heterocycles. The molecule has 0 fully saturated rings. The molecule has 2 heterocycles. The van der Waals surface area contributed by atoms with Gasteiger partial charge in [-0.1, -0.05) is 6.07 Å². The molecule has 1 aliphatic rings. The first kappa shape index (κ1) is 14.4. The maximum Gasteiger partial charge on any atom is 0.256 e. The van der Waals surface area contributed by atoms with Gasteiger partial charge in [-0.05, 0) is 55.7 Å². The number of hydrogen-bond acceptors (Lipinski definition) is 2. The topological polar surface area (TPSA) is 29.1 Å². The summed E-state index contributed by atoms with van der Waals surface area (Å²) in [4.78, 5) is 14.6. The Morgan fingerprint density at radius 1 is 1.29 bits per heavy atom. The highest BCUT2D eigenvalue weighted by Gasteiger charge is 2.24. The Morgan fingerprint density at radius 2 is 2.10 bits per heavy atom. The summed E-state index contributed by atoms with van der Waals surface area (Å²) in [5.74, 6) is 0.555. The summed E-state index contributed by atoms with van der Waals surface area (Å²) >= 11 is 7.52. The standard InChI is InChI=1S/C17H16ClNOS/c1-10-7-13(21-11(10)2)9-15-14-8-12(5-6-18)3-4-16(14)19-17(15)20/h3-4,7-9H,5-6H2,1-2H3,(H,19,20). The summed E-state index contributed by atoms with van der Waals surface area (Å²) in [6.45, 7) is 4.19. The number of aryl methyl sites for hydroxylation is 3. The van der Waals surface area contributed by atoms with E-state index in [-0.39, 0.29) is 5.91 Å². The Kier molecular flexibility index (Phi) is 3.87. The van der Waals surface area contributed by atoms with Gasteiger partial charge in [0.05, 0.1) is 5.57 Å². The van der Waals surface area contributed by atoms with Gasteiger partial charge in [-0.15, -0.1) is 22.9 Å². The second-order valence-corrected chi connectivity index (χ2v) is 6.88. The molecule has 0 saturated carbocycles. The second-order valence-electron chi connectivity index (χ2n) is 5.22. The molecule has 21 heavy (non-hydrogen) atoms. The van der Waals surface area contributed by atoms with Crippen molar-refractivity contribution in [1.29, 1.82) is 0 Å². The summed E-state index contributed by atoms with van der Waals surface area (Å²) in [5, 5.41) is 2.92. The Bertz CT molecular complexity index is 726. The Hall–Kier alpha value is -1.58. The molecule has 0 aliphatic carbocycles. The molecule has 1 amide bonds. The molecule has 1 aromatic carbocycles. The normalized spacial score (nSPS) is 15.4. The number of hydrogen-bond donors (Lipinski definition) is 1. The van der Waals surface area contributed by atoms with E-state index in [1.807, 2.05) is 18.2 Å². The van der Waals surface area contributed by atoms with Crippen LogP contribution in [-0.4, -0.2) is 11.8 Å². The minimum Gasteiger partial charge on any atom is -0.321 e. The molecule has 3 rings (SSSR count). The maximum absolute atomic E-state index is 12.2. The molecule has 1 N–H and O–H groups in total. The minimum absolute atomic E-state index is 0.0308. The number of fused-ring (bicyclic) bond motifs is 1. The van der Waals surface area contributed by atoms with E-state index < -0.39 is 0 Å². The molecule has 0 atom stereocenters. The van der Waals surface area contributed by atoms with Gasteiger partial charge in [0.15, 0.2) is 0 Å². The Balaban J connectivity index is 2.04. The summed E-state index contributed by atoms with van der Waals surface area (Å²) in [7, 11) is 0. The van der Waals surface area contributed by atoms with Gasteiger partial charge in [0.1, 0.15) is 0 Å². The van der Waals surface area contributed by atoms with Crippen molar-refractivity contribution in [3.05, 3.63) is 50.7 Å². The number of rotatable bonds is 3. The Labute approximate surface area is 133 Å². The van der Waals surface area contributed by atoms with E-state index in [4.69, 9.17) is 11.6 Å². The van der Waals surface area contributed by atoms with Crippen molar-refractivity contribution >= 4 is 46.2 Å². The van der Waals surface area contributed by atoms with Crippen LogP contribution in [0.15, 0.2) is 24.3 Å². The molecule has 0 spiro atoms. The lowest BCUT2D eigenvalue weighted by atomic mass is 10.0. The van der Waals surface area contributed by atoms with Gasteiger partial charge in [-0.3, -0.25) is 4.79 Å². The molecule has 0 saturated heterocycles. The predicted molar refractivity (Wildman–Crippen MR) is 91.2 cm³/mol. The lowest BCUT2D eigenvalue weighted by Gasteiger charge is -2.02. The van der Waals surface area contributed by atoms with Crippen molar-refractivity contribution in [2.75, 3.05) is 11.2 Å². The number of alkyl halides is 1. The van der Waals surface area contributed by atoms with Crippen LogP contribution in [-0.2, 0) is 11.2 Å². The fourth-order valence-corrected chi connectivity index (χ4v) is 3.66. The van der Waals surface area contributed by atoms with Crippen LogP contribution in [0.2, 0.25) is 0 Å². The van der Waals surface area contributed by atoms with Crippen LogP contribution >= 0.6 is 22.9 Å². The number of carbonyl (C=O) groups is 1. The van der Waals surface area contributed by atoms with Gasteiger partial charge in [0.25, 0.3) is 5.91 Å². The van der Waals surface area contributed by atoms with E-state index in [2.05, 4.69) is 31.3 Å². The largest absolute Gasteiger partial charge is 0.321 e. The number of benzene rings is 1. The highest BCUT2D eigenvalue weighted by molar-refractivity contribution is 7.13. The summed E-state index contributed by atoms with van der Waals surface area (Å²) in [5.41, 5.74) is 5.02. The zero-order valence-electron chi connectivity index (χ0n) is 12.0. The van der Waals surface area contributed by atoms with Crippen molar-refractivity contribution in [2.45, 2.75) is 20.3 Å². The van der Waals surface area contributed by atoms with Gasteiger partial charge < -0.3 is 5.32 Å². The van der Waals surface area contributed by atoms with Gasteiger partial charge in [0, 0.05) is 26.9 Å². The molecule has 2 aromatic rings. The molecular formula is C17H16ClNOS. The smallest absolute Gasteiger partial charge is 0.256 e. The zero-order valence-corrected chi connectivity index (χ0v) is 13.6. The lowest BCUT2D eigenvalue weighted by Crippen LogP contribution is -2.03. The average Bonchev–Trinajstić information content (AvgIpc) is 2.92. The van der Waals surface area contributed by atoms with Crippen LogP contribution in [0.4, 0.5) is 5.69 Å². The van der Waals surface area contributed by atoms with E-state index in [1.54, 1.807) is 11.3 Å². The number of halogens is 1. The van der Waals surface area contributed by atoms with Crippen LogP contribution in [0.5, 0.6) is 0 Å². The van der Waals surface area contributed by atoms with Crippen molar-refractivity contribution in [1.82, 2.24) is 0 Å². The summed E-state index contributed by atoms with van der Waals surface area (Å²) in [6, 6.07) is 8.17.